The number of nitrogens with one attached hydrogen (secondary N) is 2. The van der Waals surface area contributed by atoms with Gasteiger partial charge in [-0.05, 0) is 54.6 Å². The van der Waals surface area contributed by atoms with E-state index in [0.29, 0.717) is 35.1 Å². The molecule has 3 amide bonds. The van der Waals surface area contributed by atoms with Crippen molar-refractivity contribution in [3.05, 3.63) is 88.3 Å². The lowest BCUT2D eigenvalue weighted by Crippen LogP contribution is -2.45. The Morgan fingerprint density at radius 1 is 0.970 bits per heavy atom. The number of hydrogen-bond donors (Lipinski definition) is 2. The maximum atomic E-state index is 13.0. The van der Waals surface area contributed by atoms with Crippen molar-refractivity contribution >= 4 is 34.9 Å². The Morgan fingerprint density at radius 3 is 2.30 bits per heavy atom. The number of pyridine rings is 1. The Labute approximate surface area is 195 Å². The molecule has 3 aromatic rings. The molecule has 1 fully saturated rings. The number of rotatable bonds is 5. The monoisotopic (exact) mass is 466 g/mol. The minimum absolute atomic E-state index is 0.145. The molecule has 1 saturated heterocycles. The smallest absolute Gasteiger partial charge is 0.322 e. The number of benzene rings is 2. The van der Waals surface area contributed by atoms with E-state index in [1.54, 1.807) is 74.0 Å². The number of aromatic nitrogens is 1. The first-order valence-electron chi connectivity index (χ1n) is 10.4. The van der Waals surface area contributed by atoms with E-state index < -0.39 is 12.1 Å². The van der Waals surface area contributed by atoms with Gasteiger partial charge in [0.1, 0.15) is 6.04 Å². The molecule has 1 aromatic heterocycles. The lowest BCUT2D eigenvalue weighted by molar-refractivity contribution is -0.119. The highest BCUT2D eigenvalue weighted by Gasteiger charge is 2.40. The van der Waals surface area contributed by atoms with E-state index in [9.17, 15) is 14.4 Å². The third kappa shape index (κ3) is 5.24. The summed E-state index contributed by atoms with van der Waals surface area (Å²) in [7, 11) is 1.56. The van der Waals surface area contributed by atoms with Crippen LogP contribution in [0.5, 0.6) is 0 Å². The van der Waals surface area contributed by atoms with Crippen LogP contribution in [-0.2, 0) is 9.53 Å². The summed E-state index contributed by atoms with van der Waals surface area (Å²) in [5.74, 6) is -0.314. The second-order valence-corrected chi connectivity index (χ2v) is 8.08. The molecule has 0 radical (unpaired) electrons. The van der Waals surface area contributed by atoms with Gasteiger partial charge in [-0.1, -0.05) is 17.7 Å². The van der Waals surface area contributed by atoms with Crippen molar-refractivity contribution in [1.29, 1.82) is 0 Å². The van der Waals surface area contributed by atoms with Crippen molar-refractivity contribution in [2.24, 2.45) is 0 Å². The molecule has 2 N–H and O–H groups in total. The molecule has 0 unspecified atom stereocenters. The van der Waals surface area contributed by atoms with Gasteiger partial charge in [-0.25, -0.2) is 4.79 Å². The van der Waals surface area contributed by atoms with Crippen LogP contribution in [0.4, 0.5) is 16.2 Å². The van der Waals surface area contributed by atoms with Gasteiger partial charge in [0.15, 0.2) is 0 Å². The predicted octanol–water partition coefficient (Wildman–Crippen LogP) is 3.75. The fourth-order valence-corrected chi connectivity index (χ4v) is 3.87. The summed E-state index contributed by atoms with van der Waals surface area (Å²) in [4.78, 5) is 39.4. The summed E-state index contributed by atoms with van der Waals surface area (Å²) < 4.78 is 6.92. The Hall–Kier alpha value is -3.62. The molecule has 0 bridgehead atoms. The van der Waals surface area contributed by atoms with Gasteiger partial charge in [-0.2, -0.15) is 0 Å². The molecule has 0 aliphatic carbocycles. The highest BCUT2D eigenvalue weighted by molar-refractivity contribution is 6.30. The van der Waals surface area contributed by atoms with Crippen LogP contribution in [0.1, 0.15) is 6.42 Å². The summed E-state index contributed by atoms with van der Waals surface area (Å²) in [5.41, 5.74) is 1.68. The molecule has 2 heterocycles. The maximum absolute atomic E-state index is 13.0. The van der Waals surface area contributed by atoms with Crippen LogP contribution >= 0.6 is 11.6 Å². The van der Waals surface area contributed by atoms with Crippen molar-refractivity contribution < 1.29 is 14.3 Å². The number of halogens is 1. The summed E-state index contributed by atoms with van der Waals surface area (Å²) >= 11 is 5.90. The zero-order valence-electron chi connectivity index (χ0n) is 17.9. The summed E-state index contributed by atoms with van der Waals surface area (Å²) in [6.45, 7) is 0.296. The molecule has 4 rings (SSSR count). The van der Waals surface area contributed by atoms with E-state index >= 15 is 0 Å². The number of anilines is 2. The Morgan fingerprint density at radius 2 is 1.64 bits per heavy atom. The fraction of sp³-hybridized carbons (Fsp3) is 0.208. The predicted molar refractivity (Wildman–Crippen MR) is 127 cm³/mol. The largest absolute Gasteiger partial charge is 0.380 e. The molecule has 0 saturated carbocycles. The Bertz CT molecular complexity index is 1190. The van der Waals surface area contributed by atoms with Crippen molar-refractivity contribution in [1.82, 2.24) is 9.47 Å². The van der Waals surface area contributed by atoms with Crippen LogP contribution in [0.25, 0.3) is 5.69 Å². The normalized spacial score (nSPS) is 17.6. The zero-order valence-corrected chi connectivity index (χ0v) is 18.7. The first-order valence-corrected chi connectivity index (χ1v) is 10.8. The molecule has 2 aromatic carbocycles. The molecule has 1 aliphatic rings. The summed E-state index contributed by atoms with van der Waals surface area (Å²) in [6.07, 6.45) is 1.81. The summed E-state index contributed by atoms with van der Waals surface area (Å²) in [5, 5.41) is 6.22. The Kier molecular flexibility index (Phi) is 6.76. The number of carbonyl (C=O) groups is 2. The van der Waals surface area contributed by atoms with E-state index in [4.69, 9.17) is 16.3 Å². The molecule has 9 heteroatoms. The quantitative estimate of drug-likeness (QED) is 0.599. The molecule has 2 atom stereocenters. The van der Waals surface area contributed by atoms with Crippen molar-refractivity contribution in [3.63, 3.8) is 0 Å². The van der Waals surface area contributed by atoms with Crippen molar-refractivity contribution in [3.8, 4) is 5.69 Å². The lowest BCUT2D eigenvalue weighted by atomic mass is 10.1. The highest BCUT2D eigenvalue weighted by atomic mass is 35.5. The molecule has 33 heavy (non-hydrogen) atoms. The first kappa shape index (κ1) is 22.6. The second kappa shape index (κ2) is 9.89. The van der Waals surface area contributed by atoms with Crippen LogP contribution in [0.3, 0.4) is 0 Å². The topological polar surface area (TPSA) is 92.7 Å². The van der Waals surface area contributed by atoms with E-state index in [2.05, 4.69) is 10.6 Å². The first-order chi connectivity index (χ1) is 15.9. The fourth-order valence-electron chi connectivity index (χ4n) is 3.74. The lowest BCUT2D eigenvalue weighted by Gasteiger charge is -2.24. The van der Waals surface area contributed by atoms with E-state index in [1.807, 2.05) is 0 Å². The van der Waals surface area contributed by atoms with Gasteiger partial charge in [0.05, 0.1) is 6.10 Å². The standard InChI is InChI=1S/C24H23ClN4O4/c1-33-20-14-21(29(15-20)24(32)27-18-7-5-16(25)6-8-18)23(31)26-17-9-11-19(12-10-17)28-13-3-2-4-22(28)30/h2-13,20-21H,14-15H2,1H3,(H,26,31)(H,27,32)/t20-,21-/m1/s1. The van der Waals surface area contributed by atoms with Gasteiger partial charge in [0.2, 0.25) is 5.91 Å². The number of methoxy groups -OCH3 is 1. The third-order valence-electron chi connectivity index (χ3n) is 5.49. The van der Waals surface area contributed by atoms with E-state index in [1.165, 1.54) is 15.5 Å². The number of ether oxygens (including phenoxy) is 1. The number of nitrogens with zero attached hydrogens (tertiary/aromatic N) is 2. The number of likely N-dealkylation sites (tertiary alicyclic amines) is 1. The molecular formula is C24H23ClN4O4. The SMILES string of the molecule is CO[C@@H]1C[C@H](C(=O)Nc2ccc(-n3ccccc3=O)cc2)N(C(=O)Nc2ccc(Cl)cc2)C1. The van der Waals surface area contributed by atoms with Crippen LogP contribution in [-0.4, -0.2) is 47.2 Å². The molecule has 8 nitrogen and oxygen atoms in total. The van der Waals surface area contributed by atoms with Gasteiger partial charge >= 0.3 is 6.03 Å². The van der Waals surface area contributed by atoms with Crippen LogP contribution in [0.15, 0.2) is 77.7 Å². The average molecular weight is 467 g/mol. The molecule has 0 spiro atoms. The number of carbonyl (C=O) groups excluding carboxylic acids is 2. The molecular weight excluding hydrogens is 444 g/mol. The van der Waals surface area contributed by atoms with Gasteiger partial charge in [-0.3, -0.25) is 14.2 Å². The number of amides is 3. The van der Waals surface area contributed by atoms with Crippen LogP contribution in [0, 0.1) is 0 Å². The summed E-state index contributed by atoms with van der Waals surface area (Å²) in [6, 6.07) is 17.5. The van der Waals surface area contributed by atoms with Gasteiger partial charge in [0, 0.05) is 54.4 Å². The van der Waals surface area contributed by atoms with Crippen molar-refractivity contribution in [2.75, 3.05) is 24.3 Å². The second-order valence-electron chi connectivity index (χ2n) is 7.64. The zero-order chi connectivity index (χ0) is 23.4. The number of hydrogen-bond acceptors (Lipinski definition) is 4. The minimum Gasteiger partial charge on any atom is -0.380 e. The van der Waals surface area contributed by atoms with Gasteiger partial charge < -0.3 is 20.3 Å². The molecule has 1 aliphatic heterocycles. The maximum Gasteiger partial charge on any atom is 0.322 e. The van der Waals surface area contributed by atoms with Gasteiger partial charge in [-0.15, -0.1) is 0 Å². The van der Waals surface area contributed by atoms with Gasteiger partial charge in [0.25, 0.3) is 5.56 Å². The van der Waals surface area contributed by atoms with Crippen LogP contribution in [0.2, 0.25) is 5.02 Å². The number of urea groups is 1. The Balaban J connectivity index is 1.46. The third-order valence-corrected chi connectivity index (χ3v) is 5.74. The van der Waals surface area contributed by atoms with Crippen molar-refractivity contribution in [2.45, 2.75) is 18.6 Å². The minimum atomic E-state index is -0.696. The highest BCUT2D eigenvalue weighted by Crippen LogP contribution is 2.24. The van der Waals surface area contributed by atoms with E-state index in [-0.39, 0.29) is 17.6 Å². The molecule has 170 valence electrons. The van der Waals surface area contributed by atoms with Crippen LogP contribution < -0.4 is 16.2 Å². The average Bonchev–Trinajstić information content (AvgIpc) is 3.27. The van der Waals surface area contributed by atoms with E-state index in [0.717, 1.165) is 0 Å².